The standard InChI is InChI=1S/C14H20N2/c15-14-9-4-7-13(8-10-14)16(14)11-12-5-2-1-3-6-12/h1-3,5-6,13H,4,7-11,15H2. The first-order valence-corrected chi connectivity index (χ1v) is 6.37. The second kappa shape index (κ2) is 3.86. The summed E-state index contributed by atoms with van der Waals surface area (Å²) in [7, 11) is 0. The van der Waals surface area contributed by atoms with E-state index in [1.165, 1.54) is 37.7 Å². The lowest BCUT2D eigenvalue weighted by atomic mass is 9.97. The third kappa shape index (κ3) is 1.66. The van der Waals surface area contributed by atoms with Crippen molar-refractivity contribution in [3.63, 3.8) is 0 Å². The fourth-order valence-electron chi connectivity index (χ4n) is 3.36. The number of hydrogen-bond donors (Lipinski definition) is 1. The maximum Gasteiger partial charge on any atom is 0.0693 e. The van der Waals surface area contributed by atoms with Gasteiger partial charge in [-0.1, -0.05) is 30.3 Å². The summed E-state index contributed by atoms with van der Waals surface area (Å²) in [5, 5.41) is 0. The Morgan fingerprint density at radius 2 is 2.00 bits per heavy atom. The van der Waals surface area contributed by atoms with E-state index < -0.39 is 0 Å². The quantitative estimate of drug-likeness (QED) is 0.823. The molecule has 0 saturated carbocycles. The molecular formula is C14H20N2. The number of nitrogens with zero attached hydrogens (tertiary/aromatic N) is 1. The van der Waals surface area contributed by atoms with Crippen LogP contribution in [0.25, 0.3) is 0 Å². The molecule has 16 heavy (non-hydrogen) atoms. The Labute approximate surface area is 97.4 Å². The highest BCUT2D eigenvalue weighted by Crippen LogP contribution is 2.41. The summed E-state index contributed by atoms with van der Waals surface area (Å²) in [6, 6.07) is 11.5. The molecule has 2 bridgehead atoms. The third-order valence-corrected chi connectivity index (χ3v) is 4.27. The molecule has 2 nitrogen and oxygen atoms in total. The minimum absolute atomic E-state index is 0.00123. The second-order valence-electron chi connectivity index (χ2n) is 5.30. The number of benzene rings is 1. The highest BCUT2D eigenvalue weighted by atomic mass is 15.3. The van der Waals surface area contributed by atoms with E-state index >= 15 is 0 Å². The molecule has 3 rings (SSSR count). The molecule has 0 spiro atoms. The minimum Gasteiger partial charge on any atom is -0.313 e. The fraction of sp³-hybridized carbons (Fsp3) is 0.571. The predicted octanol–water partition coefficient (Wildman–Crippen LogP) is 2.49. The van der Waals surface area contributed by atoms with Gasteiger partial charge in [0.05, 0.1) is 5.66 Å². The molecule has 1 aromatic carbocycles. The normalized spacial score (nSPS) is 34.2. The summed E-state index contributed by atoms with van der Waals surface area (Å²) < 4.78 is 0. The summed E-state index contributed by atoms with van der Waals surface area (Å²) >= 11 is 0. The molecule has 2 N–H and O–H groups in total. The predicted molar refractivity (Wildman–Crippen MR) is 65.8 cm³/mol. The highest BCUT2D eigenvalue weighted by molar-refractivity contribution is 5.16. The van der Waals surface area contributed by atoms with E-state index in [4.69, 9.17) is 5.73 Å². The van der Waals surface area contributed by atoms with Gasteiger partial charge < -0.3 is 5.73 Å². The lowest BCUT2D eigenvalue weighted by molar-refractivity contribution is 0.0500. The number of rotatable bonds is 2. The zero-order chi connectivity index (χ0) is 11.0. The topological polar surface area (TPSA) is 29.3 Å². The van der Waals surface area contributed by atoms with Crippen molar-refractivity contribution in [1.29, 1.82) is 0 Å². The van der Waals surface area contributed by atoms with Crippen molar-refractivity contribution in [2.75, 3.05) is 0 Å². The molecule has 2 aliphatic heterocycles. The van der Waals surface area contributed by atoms with Gasteiger partial charge in [0.2, 0.25) is 0 Å². The average Bonchev–Trinajstić information content (AvgIpc) is 2.50. The van der Waals surface area contributed by atoms with Crippen molar-refractivity contribution in [3.05, 3.63) is 35.9 Å². The smallest absolute Gasteiger partial charge is 0.0693 e. The highest BCUT2D eigenvalue weighted by Gasteiger charge is 2.45. The van der Waals surface area contributed by atoms with Crippen LogP contribution in [0.3, 0.4) is 0 Å². The van der Waals surface area contributed by atoms with Crippen molar-refractivity contribution in [3.8, 4) is 0 Å². The molecule has 2 atom stereocenters. The van der Waals surface area contributed by atoms with E-state index in [-0.39, 0.29) is 5.66 Å². The first kappa shape index (κ1) is 10.3. The van der Waals surface area contributed by atoms with Gasteiger partial charge in [0, 0.05) is 12.6 Å². The van der Waals surface area contributed by atoms with Crippen LogP contribution in [-0.2, 0) is 6.54 Å². The summed E-state index contributed by atoms with van der Waals surface area (Å²) in [5.41, 5.74) is 7.91. The van der Waals surface area contributed by atoms with Crippen molar-refractivity contribution in [2.45, 2.75) is 50.4 Å². The molecule has 86 valence electrons. The summed E-state index contributed by atoms with van der Waals surface area (Å²) in [5.74, 6) is 0. The Bertz CT molecular complexity index is 358. The Kier molecular flexibility index (Phi) is 2.49. The van der Waals surface area contributed by atoms with Crippen LogP contribution in [0.5, 0.6) is 0 Å². The summed E-state index contributed by atoms with van der Waals surface area (Å²) in [4.78, 5) is 2.55. The second-order valence-corrected chi connectivity index (χ2v) is 5.30. The first-order valence-electron chi connectivity index (χ1n) is 6.37. The Morgan fingerprint density at radius 3 is 2.75 bits per heavy atom. The Hall–Kier alpha value is -0.860. The van der Waals surface area contributed by atoms with Crippen molar-refractivity contribution in [1.82, 2.24) is 4.90 Å². The van der Waals surface area contributed by atoms with E-state index in [9.17, 15) is 0 Å². The monoisotopic (exact) mass is 216 g/mol. The molecular weight excluding hydrogens is 196 g/mol. The van der Waals surface area contributed by atoms with Crippen LogP contribution in [0.4, 0.5) is 0 Å². The molecule has 2 unspecified atom stereocenters. The van der Waals surface area contributed by atoms with Gasteiger partial charge in [-0.2, -0.15) is 0 Å². The zero-order valence-corrected chi connectivity index (χ0v) is 9.73. The summed E-state index contributed by atoms with van der Waals surface area (Å²) in [6.45, 7) is 1.03. The van der Waals surface area contributed by atoms with Gasteiger partial charge in [-0.05, 0) is 37.7 Å². The number of hydrogen-bond acceptors (Lipinski definition) is 2. The molecule has 0 aromatic heterocycles. The van der Waals surface area contributed by atoms with Crippen LogP contribution >= 0.6 is 0 Å². The van der Waals surface area contributed by atoms with Crippen molar-refractivity contribution < 1.29 is 0 Å². The van der Waals surface area contributed by atoms with Crippen molar-refractivity contribution in [2.24, 2.45) is 5.73 Å². The molecule has 0 amide bonds. The maximum atomic E-state index is 6.52. The SMILES string of the molecule is NC12CCCC(CC1)N2Cc1ccccc1. The van der Waals surface area contributed by atoms with Gasteiger partial charge in [-0.15, -0.1) is 0 Å². The summed E-state index contributed by atoms with van der Waals surface area (Å²) in [6.07, 6.45) is 6.31. The average molecular weight is 216 g/mol. The first-order chi connectivity index (χ1) is 7.78. The largest absolute Gasteiger partial charge is 0.313 e. The van der Waals surface area contributed by atoms with Gasteiger partial charge in [-0.3, -0.25) is 4.90 Å². The molecule has 0 radical (unpaired) electrons. The molecule has 2 heterocycles. The van der Waals surface area contributed by atoms with Crippen LogP contribution in [0.2, 0.25) is 0 Å². The van der Waals surface area contributed by atoms with Gasteiger partial charge in [0.25, 0.3) is 0 Å². The van der Waals surface area contributed by atoms with Crippen LogP contribution < -0.4 is 5.73 Å². The van der Waals surface area contributed by atoms with E-state index in [2.05, 4.69) is 35.2 Å². The van der Waals surface area contributed by atoms with Gasteiger partial charge in [0.15, 0.2) is 0 Å². The van der Waals surface area contributed by atoms with E-state index in [1.807, 2.05) is 0 Å². The lowest BCUT2D eigenvalue weighted by Gasteiger charge is -2.42. The Morgan fingerprint density at radius 1 is 1.19 bits per heavy atom. The minimum atomic E-state index is -0.00123. The number of fused-ring (bicyclic) bond motifs is 2. The third-order valence-electron chi connectivity index (χ3n) is 4.27. The maximum absolute atomic E-state index is 6.52. The zero-order valence-electron chi connectivity index (χ0n) is 9.73. The van der Waals surface area contributed by atoms with E-state index in [0.717, 1.165) is 12.6 Å². The van der Waals surface area contributed by atoms with Gasteiger partial charge in [-0.25, -0.2) is 0 Å². The molecule has 2 aliphatic rings. The number of piperidine rings is 1. The molecule has 2 heteroatoms. The van der Waals surface area contributed by atoms with Gasteiger partial charge in [0.1, 0.15) is 0 Å². The van der Waals surface area contributed by atoms with Gasteiger partial charge >= 0.3 is 0 Å². The number of nitrogens with two attached hydrogens (primary N) is 1. The molecule has 0 aliphatic carbocycles. The van der Waals surface area contributed by atoms with Crippen molar-refractivity contribution >= 4 is 0 Å². The van der Waals surface area contributed by atoms with Crippen LogP contribution in [-0.4, -0.2) is 16.6 Å². The molecule has 2 fully saturated rings. The Balaban J connectivity index is 1.80. The lowest BCUT2D eigenvalue weighted by Crippen LogP contribution is -2.55. The van der Waals surface area contributed by atoms with Crippen LogP contribution in [0, 0.1) is 0 Å². The van der Waals surface area contributed by atoms with E-state index in [1.54, 1.807) is 0 Å². The fourth-order valence-corrected chi connectivity index (χ4v) is 3.36. The van der Waals surface area contributed by atoms with E-state index in [0.29, 0.717) is 0 Å². The molecule has 1 aromatic rings. The molecule has 2 saturated heterocycles. The van der Waals surface area contributed by atoms with Crippen LogP contribution in [0.1, 0.15) is 37.7 Å². The van der Waals surface area contributed by atoms with Crippen LogP contribution in [0.15, 0.2) is 30.3 Å².